The van der Waals surface area contributed by atoms with Gasteiger partial charge in [0.2, 0.25) is 0 Å². The highest BCUT2D eigenvalue weighted by molar-refractivity contribution is 6.30. The number of rotatable bonds is 7. The molecule has 2 N–H and O–H groups in total. The first-order valence-electron chi connectivity index (χ1n) is 8.65. The zero-order chi connectivity index (χ0) is 19.2. The fourth-order valence-corrected chi connectivity index (χ4v) is 3.03. The third kappa shape index (κ3) is 5.22. The topological polar surface area (TPSA) is 41.5 Å². The van der Waals surface area contributed by atoms with Crippen LogP contribution in [0.3, 0.4) is 0 Å². The lowest BCUT2D eigenvalue weighted by atomic mass is 9.96. The molecule has 2 atom stereocenters. The molecule has 0 aliphatic rings. The lowest BCUT2D eigenvalue weighted by Crippen LogP contribution is -2.15. The first-order valence-corrected chi connectivity index (χ1v) is 9.02. The predicted molar refractivity (Wildman–Crippen MR) is 107 cm³/mol. The number of methoxy groups -OCH3 is 1. The van der Waals surface area contributed by atoms with E-state index in [9.17, 15) is 9.50 Å². The molecule has 3 rings (SSSR count). The molecule has 3 aromatic carbocycles. The van der Waals surface area contributed by atoms with Crippen molar-refractivity contribution in [2.45, 2.75) is 18.6 Å². The Kier molecular flexibility index (Phi) is 6.32. The Balaban J connectivity index is 1.81. The molecule has 2 unspecified atom stereocenters. The number of hydrogen-bond donors (Lipinski definition) is 2. The van der Waals surface area contributed by atoms with Gasteiger partial charge in [-0.1, -0.05) is 35.9 Å². The zero-order valence-corrected chi connectivity index (χ0v) is 15.7. The Morgan fingerprint density at radius 3 is 2.11 bits per heavy atom. The van der Waals surface area contributed by atoms with Crippen LogP contribution in [-0.4, -0.2) is 12.2 Å². The average Bonchev–Trinajstić information content (AvgIpc) is 2.70. The predicted octanol–water partition coefficient (Wildman–Crippen LogP) is 5.76. The van der Waals surface area contributed by atoms with Gasteiger partial charge in [-0.15, -0.1) is 0 Å². The molecular formula is C22H21ClFNO2. The lowest BCUT2D eigenvalue weighted by Gasteiger charge is -2.24. The van der Waals surface area contributed by atoms with Crippen LogP contribution >= 0.6 is 11.6 Å². The van der Waals surface area contributed by atoms with Gasteiger partial charge < -0.3 is 15.2 Å². The maximum absolute atomic E-state index is 13.2. The number of anilines is 1. The minimum absolute atomic E-state index is 0.176. The molecule has 0 amide bonds. The molecule has 140 valence electrons. The first kappa shape index (κ1) is 19.2. The Hall–Kier alpha value is -2.56. The van der Waals surface area contributed by atoms with Gasteiger partial charge in [-0.3, -0.25) is 0 Å². The number of halogens is 2. The summed E-state index contributed by atoms with van der Waals surface area (Å²) in [6.07, 6.45) is -0.241. The lowest BCUT2D eigenvalue weighted by molar-refractivity contribution is 0.160. The normalized spacial score (nSPS) is 13.0. The molecule has 27 heavy (non-hydrogen) atoms. The monoisotopic (exact) mass is 385 g/mol. The van der Waals surface area contributed by atoms with Crippen molar-refractivity contribution < 1.29 is 14.2 Å². The van der Waals surface area contributed by atoms with Gasteiger partial charge in [-0.05, 0) is 59.7 Å². The molecule has 5 heteroatoms. The van der Waals surface area contributed by atoms with E-state index in [4.69, 9.17) is 16.3 Å². The SMILES string of the molecule is COc1ccc(C(O)CC(Nc2ccc(F)cc2)c2ccc(Cl)cc2)cc1. The third-order valence-corrected chi connectivity index (χ3v) is 4.67. The molecule has 0 saturated heterocycles. The van der Waals surface area contributed by atoms with Crippen molar-refractivity contribution in [3.05, 3.63) is 94.8 Å². The molecule has 3 aromatic rings. The van der Waals surface area contributed by atoms with E-state index in [2.05, 4.69) is 5.32 Å². The van der Waals surface area contributed by atoms with Crippen LogP contribution in [0.1, 0.15) is 29.7 Å². The highest BCUT2D eigenvalue weighted by Crippen LogP contribution is 2.31. The molecule has 0 aliphatic carbocycles. The smallest absolute Gasteiger partial charge is 0.123 e. The van der Waals surface area contributed by atoms with E-state index >= 15 is 0 Å². The number of benzene rings is 3. The van der Waals surface area contributed by atoms with E-state index < -0.39 is 6.10 Å². The second-order valence-electron chi connectivity index (χ2n) is 6.28. The Morgan fingerprint density at radius 1 is 0.926 bits per heavy atom. The highest BCUT2D eigenvalue weighted by atomic mass is 35.5. The Labute approximate surface area is 163 Å². The standard InChI is InChI=1S/C22H21ClFNO2/c1-27-20-12-4-16(5-13-20)22(26)14-21(15-2-6-17(23)7-3-15)25-19-10-8-18(24)9-11-19/h2-13,21-22,25-26H,14H2,1H3. The summed E-state index contributed by atoms with van der Waals surface area (Å²) in [7, 11) is 1.61. The molecule has 0 radical (unpaired) electrons. The van der Waals surface area contributed by atoms with Gasteiger partial charge in [0.05, 0.1) is 19.3 Å². The average molecular weight is 386 g/mol. The van der Waals surface area contributed by atoms with Crippen LogP contribution in [0.15, 0.2) is 72.8 Å². The minimum Gasteiger partial charge on any atom is -0.497 e. The summed E-state index contributed by atoms with van der Waals surface area (Å²) in [6.45, 7) is 0. The maximum Gasteiger partial charge on any atom is 0.123 e. The van der Waals surface area contributed by atoms with Crippen LogP contribution in [0.25, 0.3) is 0 Å². The van der Waals surface area contributed by atoms with Crippen molar-refractivity contribution >= 4 is 17.3 Å². The van der Waals surface area contributed by atoms with Crippen LogP contribution < -0.4 is 10.1 Å². The van der Waals surface area contributed by atoms with E-state index in [1.54, 1.807) is 19.2 Å². The summed E-state index contributed by atoms with van der Waals surface area (Å²) in [5, 5.41) is 14.7. The molecule has 0 aromatic heterocycles. The number of aliphatic hydroxyl groups is 1. The first-order chi connectivity index (χ1) is 13.0. The molecule has 0 saturated carbocycles. The maximum atomic E-state index is 13.2. The van der Waals surface area contributed by atoms with Crippen molar-refractivity contribution in [1.82, 2.24) is 0 Å². The van der Waals surface area contributed by atoms with Gasteiger partial charge in [0.1, 0.15) is 11.6 Å². The zero-order valence-electron chi connectivity index (χ0n) is 14.9. The van der Waals surface area contributed by atoms with Crippen LogP contribution in [0.2, 0.25) is 5.02 Å². The number of aliphatic hydroxyl groups excluding tert-OH is 1. The van der Waals surface area contributed by atoms with Gasteiger partial charge in [-0.25, -0.2) is 4.39 Å². The summed E-state index contributed by atoms with van der Waals surface area (Å²) in [5.74, 6) is 0.450. The number of ether oxygens (including phenoxy) is 1. The highest BCUT2D eigenvalue weighted by Gasteiger charge is 2.18. The summed E-state index contributed by atoms with van der Waals surface area (Å²) in [5.41, 5.74) is 2.56. The van der Waals surface area contributed by atoms with Crippen molar-refractivity contribution in [3.8, 4) is 5.75 Å². The van der Waals surface area contributed by atoms with Crippen molar-refractivity contribution in [1.29, 1.82) is 0 Å². The molecule has 0 heterocycles. The van der Waals surface area contributed by atoms with Gasteiger partial charge in [-0.2, -0.15) is 0 Å². The Morgan fingerprint density at radius 2 is 1.52 bits per heavy atom. The van der Waals surface area contributed by atoms with Gasteiger partial charge in [0.15, 0.2) is 0 Å². The van der Waals surface area contributed by atoms with Crippen LogP contribution in [0.4, 0.5) is 10.1 Å². The summed E-state index contributed by atoms with van der Waals surface area (Å²) < 4.78 is 18.4. The van der Waals surface area contributed by atoms with E-state index in [1.807, 2.05) is 48.5 Å². The van der Waals surface area contributed by atoms with Crippen LogP contribution in [0.5, 0.6) is 5.75 Å². The summed E-state index contributed by atoms with van der Waals surface area (Å²) in [6, 6.07) is 20.8. The van der Waals surface area contributed by atoms with Gasteiger partial charge >= 0.3 is 0 Å². The van der Waals surface area contributed by atoms with Crippen LogP contribution in [-0.2, 0) is 0 Å². The second-order valence-corrected chi connectivity index (χ2v) is 6.72. The molecule has 0 spiro atoms. The third-order valence-electron chi connectivity index (χ3n) is 4.42. The van der Waals surface area contributed by atoms with E-state index in [0.717, 1.165) is 22.6 Å². The molecule has 0 fully saturated rings. The van der Waals surface area contributed by atoms with Crippen molar-refractivity contribution in [2.75, 3.05) is 12.4 Å². The summed E-state index contributed by atoms with van der Waals surface area (Å²) in [4.78, 5) is 0. The second kappa shape index (κ2) is 8.89. The quantitative estimate of drug-likeness (QED) is 0.543. The van der Waals surface area contributed by atoms with E-state index in [1.165, 1.54) is 12.1 Å². The number of nitrogens with one attached hydrogen (secondary N) is 1. The van der Waals surface area contributed by atoms with Gasteiger partial charge in [0.25, 0.3) is 0 Å². The fourth-order valence-electron chi connectivity index (χ4n) is 2.91. The molecule has 0 aliphatic heterocycles. The van der Waals surface area contributed by atoms with Crippen molar-refractivity contribution in [3.63, 3.8) is 0 Å². The van der Waals surface area contributed by atoms with Gasteiger partial charge in [0, 0.05) is 17.1 Å². The molecule has 0 bridgehead atoms. The Bertz CT molecular complexity index is 851. The minimum atomic E-state index is -0.676. The molecular weight excluding hydrogens is 365 g/mol. The van der Waals surface area contributed by atoms with Crippen LogP contribution in [0, 0.1) is 5.82 Å². The van der Waals surface area contributed by atoms with Crippen molar-refractivity contribution in [2.24, 2.45) is 0 Å². The largest absolute Gasteiger partial charge is 0.497 e. The summed E-state index contributed by atoms with van der Waals surface area (Å²) >= 11 is 6.00. The molecule has 3 nitrogen and oxygen atoms in total. The van der Waals surface area contributed by atoms with E-state index in [0.29, 0.717) is 11.4 Å². The van der Waals surface area contributed by atoms with E-state index in [-0.39, 0.29) is 11.9 Å². The number of hydrogen-bond acceptors (Lipinski definition) is 3. The fraction of sp³-hybridized carbons (Fsp3) is 0.182.